The van der Waals surface area contributed by atoms with Crippen molar-refractivity contribution in [3.63, 3.8) is 0 Å². The molecule has 0 saturated heterocycles. The van der Waals surface area contributed by atoms with E-state index >= 15 is 0 Å². The van der Waals surface area contributed by atoms with Gasteiger partial charge in [-0.1, -0.05) is 0 Å². The molecule has 6 heteroatoms. The summed E-state index contributed by atoms with van der Waals surface area (Å²) in [6, 6.07) is 0. The summed E-state index contributed by atoms with van der Waals surface area (Å²) in [5.74, 6) is 0. The van der Waals surface area contributed by atoms with Crippen LogP contribution >= 0.6 is 21.9 Å². The minimum absolute atomic E-state index is 0.663. The van der Waals surface area contributed by atoms with Gasteiger partial charge in [0.05, 0.1) is 21.9 Å². The quantitative estimate of drug-likeness (QED) is 0.544. The third kappa shape index (κ3) is 2.75. The van der Waals surface area contributed by atoms with Gasteiger partial charge in [-0.3, -0.25) is 0 Å². The maximum atomic E-state index is 4.66. The Morgan fingerprint density at radius 1 is 1.09 bits per heavy atom. The van der Waals surface area contributed by atoms with E-state index in [1.165, 1.54) is 0 Å². The lowest BCUT2D eigenvalue weighted by atomic mass is 11.9. The van der Waals surface area contributed by atoms with Gasteiger partial charge in [-0.2, -0.15) is 0 Å². The molecule has 0 aliphatic carbocycles. The van der Waals surface area contributed by atoms with Gasteiger partial charge in [-0.25, -0.2) is 13.5 Å². The molecule has 0 spiro atoms. The molecule has 1 rings (SSSR count). The van der Waals surface area contributed by atoms with Crippen LogP contribution in [0.25, 0.3) is 0 Å². The molecular weight excluding hydrogens is 195 g/mol. The van der Waals surface area contributed by atoms with Crippen molar-refractivity contribution in [3.05, 3.63) is 0 Å². The lowest BCUT2D eigenvalue weighted by molar-refractivity contribution is 1.67. The Balaban J connectivity index is 3.43. The molecule has 1 aliphatic rings. The third-order valence-corrected chi connectivity index (χ3v) is 9.74. The summed E-state index contributed by atoms with van der Waals surface area (Å²) in [5.41, 5.74) is 0. The van der Waals surface area contributed by atoms with E-state index in [9.17, 15) is 0 Å². The first-order valence-electron chi connectivity index (χ1n) is 3.31. The maximum Gasteiger partial charge on any atom is 0.0847 e. The molecule has 0 bridgehead atoms. The van der Waals surface area contributed by atoms with Crippen molar-refractivity contribution in [2.24, 2.45) is 13.5 Å². The Labute approximate surface area is 69.0 Å². The highest BCUT2D eigenvalue weighted by molar-refractivity contribution is 7.81. The van der Waals surface area contributed by atoms with Crippen LogP contribution in [0.5, 0.6) is 0 Å². The van der Waals surface area contributed by atoms with Crippen LogP contribution in [-0.4, -0.2) is 33.0 Å². The van der Waals surface area contributed by atoms with Gasteiger partial charge >= 0.3 is 0 Å². The number of hydrogen-bond acceptors (Lipinski definition) is 3. The SMILES string of the molecule is C=P1=NP(C)(C)=NP(C)(C)=N1. The lowest BCUT2D eigenvalue weighted by Crippen LogP contribution is -1.75. The molecular formula is C5H14N3P3. The van der Waals surface area contributed by atoms with Gasteiger partial charge in [0.25, 0.3) is 0 Å². The molecule has 1 heterocycles. The average Bonchev–Trinajstić information content (AvgIpc) is 1.49. The van der Waals surface area contributed by atoms with Crippen molar-refractivity contribution < 1.29 is 0 Å². The van der Waals surface area contributed by atoms with Crippen molar-refractivity contribution >= 4 is 28.2 Å². The third-order valence-electron chi connectivity index (χ3n) is 1.08. The minimum Gasteiger partial charge on any atom is -0.241 e. The van der Waals surface area contributed by atoms with Crippen molar-refractivity contribution in [1.29, 1.82) is 0 Å². The first kappa shape index (κ1) is 9.52. The second-order valence-electron chi connectivity index (χ2n) is 3.31. The van der Waals surface area contributed by atoms with Gasteiger partial charge in [0, 0.05) is 0 Å². The van der Waals surface area contributed by atoms with Crippen molar-refractivity contribution in [2.75, 3.05) is 26.7 Å². The predicted octanol–water partition coefficient (Wildman–Crippen LogP) is 3.76. The molecule has 1 unspecified atom stereocenters. The molecule has 0 aromatic carbocycles. The van der Waals surface area contributed by atoms with Crippen LogP contribution in [0.15, 0.2) is 13.5 Å². The summed E-state index contributed by atoms with van der Waals surface area (Å²) in [6.07, 6.45) is 3.92. The molecule has 0 amide bonds. The van der Waals surface area contributed by atoms with Gasteiger partial charge < -0.3 is 0 Å². The summed E-state index contributed by atoms with van der Waals surface area (Å²) in [5, 5.41) is 0. The summed E-state index contributed by atoms with van der Waals surface area (Å²) in [6.45, 7) is 8.52. The van der Waals surface area contributed by atoms with E-state index in [-0.39, 0.29) is 0 Å². The molecule has 64 valence electrons. The van der Waals surface area contributed by atoms with E-state index < -0.39 is 21.9 Å². The summed E-state index contributed by atoms with van der Waals surface area (Å²) < 4.78 is 13.6. The van der Waals surface area contributed by atoms with Crippen LogP contribution in [0, 0.1) is 0 Å². The fourth-order valence-electron chi connectivity index (χ4n) is 1.09. The number of hydrogen-bond donors (Lipinski definition) is 0. The summed E-state index contributed by atoms with van der Waals surface area (Å²) in [7, 11) is -3.35. The van der Waals surface area contributed by atoms with Crippen LogP contribution < -0.4 is 0 Å². The van der Waals surface area contributed by atoms with E-state index in [2.05, 4.69) is 46.5 Å². The molecule has 0 N–H and O–H groups in total. The highest BCUT2D eigenvalue weighted by atomic mass is 31.2. The molecule has 1 atom stereocenters. The Bertz CT molecular complexity index is 340. The molecule has 3 nitrogen and oxygen atoms in total. The molecule has 11 heavy (non-hydrogen) atoms. The van der Waals surface area contributed by atoms with E-state index in [4.69, 9.17) is 0 Å². The Morgan fingerprint density at radius 2 is 1.64 bits per heavy atom. The van der Waals surface area contributed by atoms with Crippen molar-refractivity contribution in [1.82, 2.24) is 0 Å². The zero-order valence-electron chi connectivity index (χ0n) is 7.39. The Hall–Kier alpha value is 0.430. The van der Waals surface area contributed by atoms with Crippen molar-refractivity contribution in [2.45, 2.75) is 0 Å². The topological polar surface area (TPSA) is 37.1 Å². The van der Waals surface area contributed by atoms with E-state index in [0.717, 1.165) is 0 Å². The van der Waals surface area contributed by atoms with Crippen LogP contribution in [0.2, 0.25) is 0 Å². The predicted molar refractivity (Wildman–Crippen MR) is 58.9 cm³/mol. The maximum absolute atomic E-state index is 4.66. The standard InChI is InChI=1S/C5H14N3P3/c1-9-6-10(2,3)8-11(4,5)7-9/h1H2,2-5H3. The first-order chi connectivity index (χ1) is 4.81. The zero-order valence-corrected chi connectivity index (χ0v) is 10.1. The van der Waals surface area contributed by atoms with E-state index in [1.54, 1.807) is 0 Å². The van der Waals surface area contributed by atoms with Crippen molar-refractivity contribution in [3.8, 4) is 0 Å². The van der Waals surface area contributed by atoms with E-state index in [1.807, 2.05) is 0 Å². The van der Waals surface area contributed by atoms with Crippen LogP contribution in [-0.2, 0) is 0 Å². The largest absolute Gasteiger partial charge is 0.241 e. The van der Waals surface area contributed by atoms with Gasteiger partial charge in [-0.15, -0.1) is 0 Å². The van der Waals surface area contributed by atoms with Crippen LogP contribution in [0.4, 0.5) is 0 Å². The zero-order chi connectivity index (χ0) is 8.70. The highest BCUT2D eigenvalue weighted by Crippen LogP contribution is 2.64. The highest BCUT2D eigenvalue weighted by Gasteiger charge is 2.12. The van der Waals surface area contributed by atoms with Gasteiger partial charge in [0.2, 0.25) is 0 Å². The fraction of sp³-hybridized carbons (Fsp3) is 0.800. The minimum atomic E-state index is -1.34. The summed E-state index contributed by atoms with van der Waals surface area (Å²) in [4.78, 5) is 0. The monoisotopic (exact) mass is 209 g/mol. The molecule has 1 aliphatic heterocycles. The van der Waals surface area contributed by atoms with E-state index in [0.29, 0.717) is 0 Å². The normalized spacial score (nSPS) is 29.6. The second kappa shape index (κ2) is 2.73. The van der Waals surface area contributed by atoms with Crippen LogP contribution in [0.3, 0.4) is 0 Å². The smallest absolute Gasteiger partial charge is 0.0847 e. The van der Waals surface area contributed by atoms with Gasteiger partial charge in [0.1, 0.15) is 0 Å². The second-order valence-corrected chi connectivity index (χ2v) is 11.6. The Morgan fingerprint density at radius 3 is 2.00 bits per heavy atom. The molecule has 0 aromatic rings. The first-order valence-corrected chi connectivity index (χ1v) is 9.92. The number of nitrogens with zero attached hydrogens (tertiary/aromatic N) is 3. The average molecular weight is 209 g/mol. The van der Waals surface area contributed by atoms with Crippen LogP contribution in [0.1, 0.15) is 0 Å². The molecule has 0 radical (unpaired) electrons. The fourth-order valence-corrected chi connectivity index (χ4v) is 10.8. The Kier molecular flexibility index (Phi) is 2.36. The molecule has 0 aromatic heterocycles. The lowest BCUT2D eigenvalue weighted by Gasteiger charge is -2.18. The number of rotatable bonds is 0. The molecule has 0 fully saturated rings. The molecule has 0 saturated carbocycles. The van der Waals surface area contributed by atoms with Gasteiger partial charge in [-0.05, 0) is 33.0 Å². The van der Waals surface area contributed by atoms with Gasteiger partial charge in [0.15, 0.2) is 0 Å². The summed E-state index contributed by atoms with van der Waals surface area (Å²) >= 11 is 0.